The number of phenols is 1. The molecule has 0 bridgehead atoms. The summed E-state index contributed by atoms with van der Waals surface area (Å²) in [4.78, 5) is 0. The van der Waals surface area contributed by atoms with Gasteiger partial charge in [0.25, 0.3) is 0 Å². The van der Waals surface area contributed by atoms with Crippen LogP contribution in [0.5, 0.6) is 11.5 Å². The lowest BCUT2D eigenvalue weighted by molar-refractivity contribution is 0.130. The van der Waals surface area contributed by atoms with E-state index in [0.29, 0.717) is 5.92 Å². The van der Waals surface area contributed by atoms with E-state index in [9.17, 15) is 5.11 Å². The topological polar surface area (TPSA) is 55.5 Å². The van der Waals surface area contributed by atoms with E-state index in [-0.39, 0.29) is 17.4 Å². The molecule has 1 atom stereocenters. The third kappa shape index (κ3) is 5.52. The smallest absolute Gasteiger partial charge is 0.120 e. The number of aromatic hydroxyl groups is 1. The summed E-state index contributed by atoms with van der Waals surface area (Å²) in [7, 11) is 0. The zero-order chi connectivity index (χ0) is 14.6. The van der Waals surface area contributed by atoms with Gasteiger partial charge in [0.15, 0.2) is 0 Å². The number of rotatable bonds is 5. The summed E-state index contributed by atoms with van der Waals surface area (Å²) in [6, 6.07) is 5.14. The van der Waals surface area contributed by atoms with Gasteiger partial charge in [-0.15, -0.1) is 0 Å². The first-order valence-electron chi connectivity index (χ1n) is 6.96. The van der Waals surface area contributed by atoms with Gasteiger partial charge in [-0.1, -0.05) is 13.8 Å². The SMILES string of the molecule is CC(C)CC[C@H](N)c1cc(OC(C)(C)C)ccc1O. The van der Waals surface area contributed by atoms with Crippen LogP contribution in [0.1, 0.15) is 59.1 Å². The maximum atomic E-state index is 9.93. The van der Waals surface area contributed by atoms with Gasteiger partial charge < -0.3 is 15.6 Å². The number of hydrogen-bond acceptors (Lipinski definition) is 3. The van der Waals surface area contributed by atoms with Crippen LogP contribution in [0.2, 0.25) is 0 Å². The Balaban J connectivity index is 2.84. The van der Waals surface area contributed by atoms with Crippen molar-refractivity contribution < 1.29 is 9.84 Å². The average molecular weight is 265 g/mol. The maximum absolute atomic E-state index is 9.93. The molecule has 0 amide bonds. The summed E-state index contributed by atoms with van der Waals surface area (Å²) in [6.45, 7) is 10.3. The first kappa shape index (κ1) is 15.8. The Morgan fingerprint density at radius 2 is 1.84 bits per heavy atom. The second-order valence-corrected chi connectivity index (χ2v) is 6.51. The normalized spacial score (nSPS) is 13.6. The van der Waals surface area contributed by atoms with E-state index in [4.69, 9.17) is 10.5 Å². The molecule has 0 aromatic heterocycles. The minimum Gasteiger partial charge on any atom is -0.508 e. The maximum Gasteiger partial charge on any atom is 0.120 e. The molecule has 19 heavy (non-hydrogen) atoms. The number of ether oxygens (including phenoxy) is 1. The lowest BCUT2D eigenvalue weighted by Crippen LogP contribution is -2.23. The monoisotopic (exact) mass is 265 g/mol. The fraction of sp³-hybridized carbons (Fsp3) is 0.625. The molecule has 1 aromatic carbocycles. The summed E-state index contributed by atoms with van der Waals surface area (Å²) in [6.07, 6.45) is 1.91. The number of hydrogen-bond donors (Lipinski definition) is 2. The van der Waals surface area contributed by atoms with E-state index < -0.39 is 0 Å². The van der Waals surface area contributed by atoms with E-state index in [2.05, 4.69) is 13.8 Å². The molecule has 1 aromatic rings. The summed E-state index contributed by atoms with van der Waals surface area (Å²) in [5, 5.41) is 9.93. The average Bonchev–Trinajstić information content (AvgIpc) is 2.26. The molecule has 0 radical (unpaired) electrons. The molecule has 0 saturated carbocycles. The Morgan fingerprint density at radius 1 is 1.21 bits per heavy atom. The highest BCUT2D eigenvalue weighted by atomic mass is 16.5. The molecule has 0 aliphatic carbocycles. The molecule has 0 heterocycles. The Hall–Kier alpha value is -1.22. The van der Waals surface area contributed by atoms with Crippen molar-refractivity contribution in [3.05, 3.63) is 23.8 Å². The molecule has 1 rings (SSSR count). The molecule has 0 aliphatic heterocycles. The molecular formula is C16H27NO2. The van der Waals surface area contributed by atoms with Crippen LogP contribution in [0.3, 0.4) is 0 Å². The standard InChI is InChI=1S/C16H27NO2/c1-11(2)6-8-14(17)13-10-12(7-9-15(13)18)19-16(3,4)5/h7,9-11,14,18H,6,8,17H2,1-5H3/t14-/m0/s1. The van der Waals surface area contributed by atoms with Crippen molar-refractivity contribution in [1.82, 2.24) is 0 Å². The first-order valence-corrected chi connectivity index (χ1v) is 6.96. The highest BCUT2D eigenvalue weighted by molar-refractivity contribution is 5.41. The Morgan fingerprint density at radius 3 is 2.37 bits per heavy atom. The fourth-order valence-corrected chi connectivity index (χ4v) is 1.92. The van der Waals surface area contributed by atoms with Crippen LogP contribution in [0, 0.1) is 5.92 Å². The van der Waals surface area contributed by atoms with Crippen LogP contribution in [-0.2, 0) is 0 Å². The largest absolute Gasteiger partial charge is 0.508 e. The molecule has 3 N–H and O–H groups in total. The van der Waals surface area contributed by atoms with Crippen molar-refractivity contribution in [3.63, 3.8) is 0 Å². The highest BCUT2D eigenvalue weighted by Gasteiger charge is 2.16. The van der Waals surface area contributed by atoms with Gasteiger partial charge in [0, 0.05) is 11.6 Å². The van der Waals surface area contributed by atoms with Crippen LogP contribution in [0.15, 0.2) is 18.2 Å². The van der Waals surface area contributed by atoms with E-state index in [1.807, 2.05) is 26.8 Å². The van der Waals surface area contributed by atoms with Crippen LogP contribution < -0.4 is 10.5 Å². The van der Waals surface area contributed by atoms with Gasteiger partial charge in [0.1, 0.15) is 17.1 Å². The second-order valence-electron chi connectivity index (χ2n) is 6.51. The first-order chi connectivity index (χ1) is 8.69. The van der Waals surface area contributed by atoms with Crippen molar-refractivity contribution in [3.8, 4) is 11.5 Å². The molecule has 108 valence electrons. The predicted octanol–water partition coefficient (Wildman–Crippen LogP) is 4.01. The molecule has 0 aliphatic rings. The van der Waals surface area contributed by atoms with Gasteiger partial charge in [-0.3, -0.25) is 0 Å². The lowest BCUT2D eigenvalue weighted by atomic mass is 9.97. The quantitative estimate of drug-likeness (QED) is 0.846. The Bertz CT molecular complexity index is 408. The number of nitrogens with two attached hydrogens (primary N) is 1. The Kier molecular flexibility index (Phi) is 5.24. The van der Waals surface area contributed by atoms with E-state index in [0.717, 1.165) is 24.2 Å². The van der Waals surface area contributed by atoms with Gasteiger partial charge >= 0.3 is 0 Å². The van der Waals surface area contributed by atoms with Gasteiger partial charge in [-0.2, -0.15) is 0 Å². The van der Waals surface area contributed by atoms with Gasteiger partial charge in [-0.05, 0) is 57.7 Å². The van der Waals surface area contributed by atoms with Crippen molar-refractivity contribution in [2.75, 3.05) is 0 Å². The molecule has 0 spiro atoms. The van der Waals surface area contributed by atoms with Crippen LogP contribution in [0.4, 0.5) is 0 Å². The van der Waals surface area contributed by atoms with Gasteiger partial charge in [0.05, 0.1) is 0 Å². The van der Waals surface area contributed by atoms with Crippen molar-refractivity contribution in [2.24, 2.45) is 11.7 Å². The number of benzene rings is 1. The van der Waals surface area contributed by atoms with Crippen molar-refractivity contribution in [2.45, 2.75) is 59.1 Å². The summed E-state index contributed by atoms with van der Waals surface area (Å²) >= 11 is 0. The van der Waals surface area contributed by atoms with Crippen molar-refractivity contribution >= 4 is 0 Å². The minimum absolute atomic E-state index is 0.147. The third-order valence-electron chi connectivity index (χ3n) is 2.88. The third-order valence-corrected chi connectivity index (χ3v) is 2.88. The molecule has 0 fully saturated rings. The summed E-state index contributed by atoms with van der Waals surface area (Å²) in [5.41, 5.74) is 6.67. The highest BCUT2D eigenvalue weighted by Crippen LogP contribution is 2.31. The van der Waals surface area contributed by atoms with Crippen LogP contribution in [0.25, 0.3) is 0 Å². The Labute approximate surface area is 116 Å². The lowest BCUT2D eigenvalue weighted by Gasteiger charge is -2.23. The molecular weight excluding hydrogens is 238 g/mol. The van der Waals surface area contributed by atoms with E-state index in [1.54, 1.807) is 12.1 Å². The summed E-state index contributed by atoms with van der Waals surface area (Å²) < 4.78 is 5.81. The summed E-state index contributed by atoms with van der Waals surface area (Å²) in [5.74, 6) is 1.61. The van der Waals surface area contributed by atoms with Crippen molar-refractivity contribution in [1.29, 1.82) is 0 Å². The van der Waals surface area contributed by atoms with E-state index >= 15 is 0 Å². The predicted molar refractivity (Wildman–Crippen MR) is 79.5 cm³/mol. The van der Waals surface area contributed by atoms with Crippen LogP contribution >= 0.6 is 0 Å². The fourth-order valence-electron chi connectivity index (χ4n) is 1.92. The zero-order valence-electron chi connectivity index (χ0n) is 12.7. The second kappa shape index (κ2) is 6.29. The van der Waals surface area contributed by atoms with Gasteiger partial charge in [0.2, 0.25) is 0 Å². The zero-order valence-corrected chi connectivity index (χ0v) is 12.7. The molecule has 0 saturated heterocycles. The minimum atomic E-state index is -0.254. The molecule has 3 heteroatoms. The van der Waals surface area contributed by atoms with Gasteiger partial charge in [-0.25, -0.2) is 0 Å². The van der Waals surface area contributed by atoms with Crippen LogP contribution in [-0.4, -0.2) is 10.7 Å². The molecule has 3 nitrogen and oxygen atoms in total. The molecule has 0 unspecified atom stereocenters. The number of phenolic OH excluding ortho intramolecular Hbond substituents is 1. The van der Waals surface area contributed by atoms with E-state index in [1.165, 1.54) is 0 Å².